The van der Waals surface area contributed by atoms with E-state index in [2.05, 4.69) is 4.98 Å². The second-order valence-electron chi connectivity index (χ2n) is 3.67. The fraction of sp³-hybridized carbons (Fsp3) is 0.417. The Morgan fingerprint density at radius 1 is 1.40 bits per heavy atom. The summed E-state index contributed by atoms with van der Waals surface area (Å²) < 4.78 is 5.41. The number of aliphatic hydroxyl groups excluding tert-OH is 1. The molecule has 3 heteroatoms. The average Bonchev–Trinajstić information content (AvgIpc) is 2.31. The smallest absolute Gasteiger partial charge is 0.121 e. The first-order chi connectivity index (χ1) is 7.36. The third-order valence-corrected chi connectivity index (χ3v) is 2.47. The Labute approximate surface area is 89.4 Å². The Hall–Kier alpha value is -1.35. The van der Waals surface area contributed by atoms with Gasteiger partial charge < -0.3 is 9.84 Å². The normalized spacial score (nSPS) is 17.8. The first-order valence-electron chi connectivity index (χ1n) is 5.26. The van der Waals surface area contributed by atoms with Gasteiger partial charge in [-0.05, 0) is 36.6 Å². The molecule has 2 rings (SSSR count). The van der Waals surface area contributed by atoms with Gasteiger partial charge in [-0.25, -0.2) is 0 Å². The van der Waals surface area contributed by atoms with Crippen LogP contribution in [0.15, 0.2) is 36.4 Å². The molecule has 0 saturated carbocycles. The van der Waals surface area contributed by atoms with Gasteiger partial charge in [0, 0.05) is 18.8 Å². The molecule has 0 radical (unpaired) electrons. The molecule has 2 heterocycles. The van der Waals surface area contributed by atoms with Crippen LogP contribution in [0.1, 0.15) is 18.4 Å². The van der Waals surface area contributed by atoms with E-state index in [9.17, 15) is 5.11 Å². The van der Waals surface area contributed by atoms with Gasteiger partial charge in [0.25, 0.3) is 0 Å². The molecule has 0 aliphatic carbocycles. The minimum absolute atomic E-state index is 0.521. The summed E-state index contributed by atoms with van der Waals surface area (Å²) in [5, 5.41) is 9.91. The predicted molar refractivity (Wildman–Crippen MR) is 57.2 cm³/mol. The molecular formula is C12H15NO2. The first kappa shape index (κ1) is 10.2. The van der Waals surface area contributed by atoms with Crippen LogP contribution in [0.5, 0.6) is 0 Å². The van der Waals surface area contributed by atoms with E-state index >= 15 is 0 Å². The summed E-state index contributed by atoms with van der Waals surface area (Å²) >= 11 is 0. The zero-order chi connectivity index (χ0) is 10.5. The molecule has 0 aromatic carbocycles. The molecule has 0 amide bonds. The van der Waals surface area contributed by atoms with E-state index in [1.165, 1.54) is 0 Å². The van der Waals surface area contributed by atoms with Crippen LogP contribution in [0.25, 0.3) is 0 Å². The van der Waals surface area contributed by atoms with Crippen LogP contribution in [-0.4, -0.2) is 22.8 Å². The van der Waals surface area contributed by atoms with Crippen molar-refractivity contribution in [1.29, 1.82) is 0 Å². The van der Waals surface area contributed by atoms with Crippen LogP contribution in [0.3, 0.4) is 0 Å². The Bertz CT molecular complexity index is 335. The van der Waals surface area contributed by atoms with Crippen molar-refractivity contribution in [2.75, 3.05) is 6.61 Å². The molecule has 1 unspecified atom stereocenters. The zero-order valence-corrected chi connectivity index (χ0v) is 8.60. The number of hydrogen-bond donors (Lipinski definition) is 1. The topological polar surface area (TPSA) is 42.4 Å². The summed E-state index contributed by atoms with van der Waals surface area (Å²) in [6.07, 6.45) is 7.57. The van der Waals surface area contributed by atoms with E-state index in [-0.39, 0.29) is 0 Å². The molecule has 1 aromatic heterocycles. The van der Waals surface area contributed by atoms with E-state index < -0.39 is 6.10 Å². The van der Waals surface area contributed by atoms with Gasteiger partial charge in [0.2, 0.25) is 0 Å². The fourth-order valence-electron chi connectivity index (χ4n) is 1.65. The lowest BCUT2D eigenvalue weighted by Crippen LogP contribution is -2.18. The summed E-state index contributed by atoms with van der Waals surface area (Å²) in [5.74, 6) is 0.720. The van der Waals surface area contributed by atoms with Crippen molar-refractivity contribution in [3.63, 3.8) is 0 Å². The van der Waals surface area contributed by atoms with Crippen LogP contribution < -0.4 is 0 Å². The van der Waals surface area contributed by atoms with Crippen molar-refractivity contribution < 1.29 is 9.84 Å². The van der Waals surface area contributed by atoms with E-state index in [1.54, 1.807) is 12.4 Å². The fourth-order valence-corrected chi connectivity index (χ4v) is 1.65. The number of pyridine rings is 1. The monoisotopic (exact) mass is 205 g/mol. The number of ether oxygens (including phenoxy) is 1. The molecule has 0 fully saturated rings. The summed E-state index contributed by atoms with van der Waals surface area (Å²) in [6.45, 7) is 0.721. The van der Waals surface area contributed by atoms with Gasteiger partial charge in [0.15, 0.2) is 0 Å². The van der Waals surface area contributed by atoms with Crippen molar-refractivity contribution in [3.8, 4) is 0 Å². The number of rotatable bonds is 3. The zero-order valence-electron chi connectivity index (χ0n) is 8.60. The van der Waals surface area contributed by atoms with Crippen molar-refractivity contribution in [3.05, 3.63) is 41.9 Å². The molecule has 0 spiro atoms. The minimum Gasteiger partial charge on any atom is -0.495 e. The summed E-state index contributed by atoms with van der Waals surface area (Å²) in [4.78, 5) is 3.94. The third kappa shape index (κ3) is 2.80. The summed E-state index contributed by atoms with van der Waals surface area (Å²) in [5.41, 5.74) is 1.08. The van der Waals surface area contributed by atoms with Crippen LogP contribution >= 0.6 is 0 Å². The number of allylic oxidation sites excluding steroid dienone is 1. The molecule has 15 heavy (non-hydrogen) atoms. The van der Waals surface area contributed by atoms with Gasteiger partial charge in [-0.15, -0.1) is 0 Å². The Morgan fingerprint density at radius 2 is 2.20 bits per heavy atom. The molecule has 1 N–H and O–H groups in total. The summed E-state index contributed by atoms with van der Waals surface area (Å²) in [6, 6.07) is 3.82. The standard InChI is InChI=1S/C12H15NO2/c14-11(12-3-1-2-8-15-12)9-10-4-6-13-7-5-10/h3-7,11,14H,1-2,8-9H2. The van der Waals surface area contributed by atoms with Crippen LogP contribution in [0.4, 0.5) is 0 Å². The van der Waals surface area contributed by atoms with Crippen molar-refractivity contribution >= 4 is 0 Å². The summed E-state index contributed by atoms with van der Waals surface area (Å²) in [7, 11) is 0. The van der Waals surface area contributed by atoms with Gasteiger partial charge in [0.05, 0.1) is 6.61 Å². The maximum Gasteiger partial charge on any atom is 0.121 e. The van der Waals surface area contributed by atoms with Gasteiger partial charge >= 0.3 is 0 Å². The Morgan fingerprint density at radius 3 is 2.87 bits per heavy atom. The Balaban J connectivity index is 1.97. The highest BCUT2D eigenvalue weighted by atomic mass is 16.5. The molecule has 1 aromatic rings. The number of nitrogens with zero attached hydrogens (tertiary/aromatic N) is 1. The quantitative estimate of drug-likeness (QED) is 0.816. The van der Waals surface area contributed by atoms with Crippen LogP contribution in [-0.2, 0) is 11.2 Å². The lowest BCUT2D eigenvalue weighted by molar-refractivity contribution is 0.0918. The SMILES string of the molecule is OC(Cc1ccncc1)C1=CCCCO1. The maximum absolute atomic E-state index is 9.91. The highest BCUT2D eigenvalue weighted by molar-refractivity contribution is 5.15. The van der Waals surface area contributed by atoms with E-state index in [0.717, 1.165) is 30.8 Å². The van der Waals surface area contributed by atoms with Crippen LogP contribution in [0, 0.1) is 0 Å². The number of aliphatic hydroxyl groups is 1. The molecule has 0 bridgehead atoms. The molecule has 1 aliphatic rings. The highest BCUT2D eigenvalue weighted by Gasteiger charge is 2.15. The second kappa shape index (κ2) is 4.94. The van der Waals surface area contributed by atoms with Gasteiger partial charge in [-0.2, -0.15) is 0 Å². The van der Waals surface area contributed by atoms with Crippen LogP contribution in [0.2, 0.25) is 0 Å². The van der Waals surface area contributed by atoms with Gasteiger partial charge in [-0.1, -0.05) is 0 Å². The van der Waals surface area contributed by atoms with Gasteiger partial charge in [0.1, 0.15) is 11.9 Å². The van der Waals surface area contributed by atoms with E-state index in [0.29, 0.717) is 6.42 Å². The van der Waals surface area contributed by atoms with Crippen molar-refractivity contribution in [2.45, 2.75) is 25.4 Å². The molecule has 3 nitrogen and oxygen atoms in total. The second-order valence-corrected chi connectivity index (χ2v) is 3.67. The molecule has 80 valence electrons. The molecular weight excluding hydrogens is 190 g/mol. The van der Waals surface area contributed by atoms with Crippen molar-refractivity contribution in [2.24, 2.45) is 0 Å². The predicted octanol–water partition coefficient (Wildman–Crippen LogP) is 1.68. The minimum atomic E-state index is -0.521. The maximum atomic E-state index is 9.91. The molecule has 0 saturated heterocycles. The highest BCUT2D eigenvalue weighted by Crippen LogP contribution is 2.16. The number of hydrogen-bond acceptors (Lipinski definition) is 3. The van der Waals surface area contributed by atoms with E-state index in [4.69, 9.17) is 4.74 Å². The third-order valence-electron chi connectivity index (χ3n) is 2.47. The number of aromatic nitrogens is 1. The molecule has 1 aliphatic heterocycles. The van der Waals surface area contributed by atoms with Crippen molar-refractivity contribution in [1.82, 2.24) is 4.98 Å². The van der Waals surface area contributed by atoms with Gasteiger partial charge in [-0.3, -0.25) is 4.98 Å². The Kier molecular flexibility index (Phi) is 3.35. The average molecular weight is 205 g/mol. The molecule has 1 atom stereocenters. The lowest BCUT2D eigenvalue weighted by atomic mass is 10.1. The first-order valence-corrected chi connectivity index (χ1v) is 5.26. The largest absolute Gasteiger partial charge is 0.495 e. The van der Waals surface area contributed by atoms with E-state index in [1.807, 2.05) is 18.2 Å². The lowest BCUT2D eigenvalue weighted by Gasteiger charge is -2.19.